The number of hydrogen-bond acceptors (Lipinski definition) is 4. The van der Waals surface area contributed by atoms with E-state index in [-0.39, 0.29) is 0 Å². The second-order valence-corrected chi connectivity index (χ2v) is 5.97. The molecule has 0 bridgehead atoms. The first-order chi connectivity index (χ1) is 8.74. The highest BCUT2D eigenvalue weighted by Crippen LogP contribution is 2.35. The predicted molar refractivity (Wildman–Crippen MR) is 73.5 cm³/mol. The van der Waals surface area contributed by atoms with Crippen molar-refractivity contribution in [1.29, 1.82) is 0 Å². The van der Waals surface area contributed by atoms with Crippen LogP contribution in [0.15, 0.2) is 28.2 Å². The molecule has 96 valence electrons. The summed E-state index contributed by atoms with van der Waals surface area (Å²) < 4.78 is 5.37. The normalized spacial score (nSPS) is 17.3. The van der Waals surface area contributed by atoms with Gasteiger partial charge in [0.1, 0.15) is 0 Å². The van der Waals surface area contributed by atoms with Crippen LogP contribution < -0.4 is 0 Å². The molecule has 2 heterocycles. The molecule has 2 aromatic rings. The van der Waals surface area contributed by atoms with Crippen molar-refractivity contribution in [2.45, 2.75) is 32.4 Å². The highest BCUT2D eigenvalue weighted by molar-refractivity contribution is 7.13. The summed E-state index contributed by atoms with van der Waals surface area (Å²) in [6, 6.07) is 4.52. The molecule has 2 aromatic heterocycles. The molecule has 0 radical (unpaired) electrons. The van der Waals surface area contributed by atoms with Gasteiger partial charge in [0.05, 0.1) is 12.0 Å². The standard InChI is InChI=1S/C14H18N2OS/c1-10(11-5-6-11)16(2)8-12-9-18-14(15-12)13-4-3-7-17-13/h3-4,7,9-11H,5-6,8H2,1-2H3. The topological polar surface area (TPSA) is 29.3 Å². The summed E-state index contributed by atoms with van der Waals surface area (Å²) >= 11 is 1.65. The van der Waals surface area contributed by atoms with Gasteiger partial charge < -0.3 is 4.42 Å². The quantitative estimate of drug-likeness (QED) is 0.824. The lowest BCUT2D eigenvalue weighted by Gasteiger charge is -2.23. The minimum absolute atomic E-state index is 0.666. The summed E-state index contributed by atoms with van der Waals surface area (Å²) in [7, 11) is 2.19. The van der Waals surface area contributed by atoms with E-state index in [1.165, 1.54) is 12.8 Å². The third-order valence-electron chi connectivity index (χ3n) is 3.69. The van der Waals surface area contributed by atoms with Crippen molar-refractivity contribution in [3.8, 4) is 10.8 Å². The number of aromatic nitrogens is 1. The Hall–Kier alpha value is -1.13. The van der Waals surface area contributed by atoms with Gasteiger partial charge in [-0.1, -0.05) is 0 Å². The van der Waals surface area contributed by atoms with E-state index in [4.69, 9.17) is 4.42 Å². The minimum atomic E-state index is 0.666. The van der Waals surface area contributed by atoms with E-state index >= 15 is 0 Å². The van der Waals surface area contributed by atoms with Crippen LogP contribution in [-0.4, -0.2) is 23.0 Å². The third kappa shape index (κ3) is 2.49. The molecule has 1 aliphatic rings. The second kappa shape index (κ2) is 4.86. The Bertz CT molecular complexity index is 502. The van der Waals surface area contributed by atoms with Crippen molar-refractivity contribution in [2.75, 3.05) is 7.05 Å². The van der Waals surface area contributed by atoms with Crippen LogP contribution in [0.2, 0.25) is 0 Å². The van der Waals surface area contributed by atoms with Crippen LogP contribution >= 0.6 is 11.3 Å². The first kappa shape index (κ1) is 11.9. The van der Waals surface area contributed by atoms with Gasteiger partial charge in [-0.05, 0) is 44.9 Å². The molecule has 3 nitrogen and oxygen atoms in total. The molecule has 1 aliphatic carbocycles. The Labute approximate surface area is 111 Å². The third-order valence-corrected chi connectivity index (χ3v) is 4.60. The average Bonchev–Trinajstić information content (AvgIpc) is 2.89. The maximum atomic E-state index is 5.37. The summed E-state index contributed by atoms with van der Waals surface area (Å²) in [4.78, 5) is 7.04. The average molecular weight is 262 g/mol. The highest BCUT2D eigenvalue weighted by Gasteiger charge is 2.30. The van der Waals surface area contributed by atoms with Gasteiger partial charge in [0.2, 0.25) is 0 Å². The molecule has 4 heteroatoms. The molecule has 0 aliphatic heterocycles. The van der Waals surface area contributed by atoms with E-state index < -0.39 is 0 Å². The van der Waals surface area contributed by atoms with Gasteiger partial charge >= 0.3 is 0 Å². The number of rotatable bonds is 5. The van der Waals surface area contributed by atoms with Gasteiger partial charge in [0.25, 0.3) is 0 Å². The van der Waals surface area contributed by atoms with Gasteiger partial charge in [-0.3, -0.25) is 4.90 Å². The first-order valence-electron chi connectivity index (χ1n) is 6.42. The molecule has 1 unspecified atom stereocenters. The van der Waals surface area contributed by atoms with Crippen LogP contribution in [-0.2, 0) is 6.54 Å². The molecule has 0 spiro atoms. The molecule has 0 saturated heterocycles. The van der Waals surface area contributed by atoms with Crippen molar-refractivity contribution < 1.29 is 4.42 Å². The zero-order valence-electron chi connectivity index (χ0n) is 10.8. The maximum absolute atomic E-state index is 5.37. The molecule has 0 N–H and O–H groups in total. The Morgan fingerprint density at radius 2 is 2.39 bits per heavy atom. The van der Waals surface area contributed by atoms with E-state index in [9.17, 15) is 0 Å². The summed E-state index contributed by atoms with van der Waals surface area (Å²) in [6.45, 7) is 3.24. The molecule has 3 rings (SSSR count). The molecule has 1 saturated carbocycles. The minimum Gasteiger partial charge on any atom is -0.462 e. The van der Waals surface area contributed by atoms with Crippen LogP contribution in [0.5, 0.6) is 0 Å². The smallest absolute Gasteiger partial charge is 0.162 e. The zero-order chi connectivity index (χ0) is 12.5. The lowest BCUT2D eigenvalue weighted by Crippen LogP contribution is -2.30. The molecule has 0 amide bonds. The molecule has 18 heavy (non-hydrogen) atoms. The Morgan fingerprint density at radius 3 is 3.06 bits per heavy atom. The van der Waals surface area contributed by atoms with E-state index in [1.807, 2.05) is 12.1 Å². The summed E-state index contributed by atoms with van der Waals surface area (Å²) in [5.41, 5.74) is 1.14. The lowest BCUT2D eigenvalue weighted by molar-refractivity contribution is 0.224. The molecular formula is C14H18N2OS. The monoisotopic (exact) mass is 262 g/mol. The molecule has 1 fully saturated rings. The molecular weight excluding hydrogens is 244 g/mol. The first-order valence-corrected chi connectivity index (χ1v) is 7.30. The van der Waals surface area contributed by atoms with Crippen LogP contribution in [0.4, 0.5) is 0 Å². The fraction of sp³-hybridized carbons (Fsp3) is 0.500. The number of nitrogens with zero attached hydrogens (tertiary/aromatic N) is 2. The Balaban J connectivity index is 1.66. The summed E-state index contributed by atoms with van der Waals surface area (Å²) in [5.74, 6) is 1.77. The SMILES string of the molecule is CC(C1CC1)N(C)Cc1csc(-c2ccco2)n1. The highest BCUT2D eigenvalue weighted by atomic mass is 32.1. The van der Waals surface area contributed by atoms with E-state index in [1.54, 1.807) is 17.6 Å². The maximum Gasteiger partial charge on any atom is 0.162 e. The van der Waals surface area contributed by atoms with E-state index in [2.05, 4.69) is 29.2 Å². The van der Waals surface area contributed by atoms with Crippen molar-refractivity contribution >= 4 is 11.3 Å². The number of hydrogen-bond donors (Lipinski definition) is 0. The fourth-order valence-electron chi connectivity index (χ4n) is 2.23. The summed E-state index contributed by atoms with van der Waals surface area (Å²) in [5, 5.41) is 3.11. The van der Waals surface area contributed by atoms with Gasteiger partial charge in [0, 0.05) is 18.0 Å². The fourth-order valence-corrected chi connectivity index (χ4v) is 3.01. The zero-order valence-corrected chi connectivity index (χ0v) is 11.6. The predicted octanol–water partition coefficient (Wildman–Crippen LogP) is 3.63. The van der Waals surface area contributed by atoms with Gasteiger partial charge in [-0.25, -0.2) is 4.98 Å². The lowest BCUT2D eigenvalue weighted by atomic mass is 10.2. The largest absolute Gasteiger partial charge is 0.462 e. The van der Waals surface area contributed by atoms with Gasteiger partial charge in [-0.15, -0.1) is 11.3 Å². The Morgan fingerprint density at radius 1 is 1.56 bits per heavy atom. The van der Waals surface area contributed by atoms with Crippen LogP contribution in [0.3, 0.4) is 0 Å². The number of furan rings is 1. The Kier molecular flexibility index (Phi) is 3.22. The van der Waals surface area contributed by atoms with Gasteiger partial charge in [-0.2, -0.15) is 0 Å². The van der Waals surface area contributed by atoms with Crippen molar-refractivity contribution in [1.82, 2.24) is 9.88 Å². The number of thiazole rings is 1. The van der Waals surface area contributed by atoms with Crippen LogP contribution in [0.1, 0.15) is 25.5 Å². The van der Waals surface area contributed by atoms with Crippen molar-refractivity contribution in [2.24, 2.45) is 5.92 Å². The second-order valence-electron chi connectivity index (χ2n) is 5.11. The van der Waals surface area contributed by atoms with Crippen LogP contribution in [0.25, 0.3) is 10.8 Å². The van der Waals surface area contributed by atoms with E-state index in [0.29, 0.717) is 6.04 Å². The van der Waals surface area contributed by atoms with Gasteiger partial charge in [0.15, 0.2) is 10.8 Å². The van der Waals surface area contributed by atoms with Crippen molar-refractivity contribution in [3.63, 3.8) is 0 Å². The van der Waals surface area contributed by atoms with E-state index in [0.717, 1.165) is 28.9 Å². The van der Waals surface area contributed by atoms with Crippen LogP contribution in [0, 0.1) is 5.92 Å². The summed E-state index contributed by atoms with van der Waals surface area (Å²) in [6.07, 6.45) is 4.47. The molecule has 0 aromatic carbocycles. The molecule has 1 atom stereocenters. The van der Waals surface area contributed by atoms with Crippen molar-refractivity contribution in [3.05, 3.63) is 29.5 Å².